The largest absolute Gasteiger partial charge is 0.302 e. The maximum atomic E-state index is 11.6. The fourth-order valence-electron chi connectivity index (χ4n) is 1.26. The Morgan fingerprint density at radius 2 is 2.17 bits per heavy atom. The normalized spacial score (nSPS) is 10.3. The van der Waals surface area contributed by atoms with Crippen molar-refractivity contribution in [2.45, 2.75) is 11.3 Å². The van der Waals surface area contributed by atoms with Gasteiger partial charge < -0.3 is 5.32 Å². The average molecular weight is 343 g/mol. The van der Waals surface area contributed by atoms with Gasteiger partial charge in [0.1, 0.15) is 0 Å². The van der Waals surface area contributed by atoms with Crippen molar-refractivity contribution in [3.05, 3.63) is 40.3 Å². The van der Waals surface area contributed by atoms with Gasteiger partial charge in [-0.05, 0) is 24.3 Å². The van der Waals surface area contributed by atoms with Crippen LogP contribution in [0.4, 0.5) is 5.13 Å². The summed E-state index contributed by atoms with van der Waals surface area (Å²) in [4.78, 5) is 16.8. The van der Waals surface area contributed by atoms with E-state index in [-0.39, 0.29) is 5.91 Å². The predicted molar refractivity (Wildman–Crippen MR) is 80.2 cm³/mol. The molecule has 0 unspecified atom stereocenters. The van der Waals surface area contributed by atoms with Gasteiger partial charge in [0.25, 0.3) is 0 Å². The fourth-order valence-corrected chi connectivity index (χ4v) is 2.92. The summed E-state index contributed by atoms with van der Waals surface area (Å²) < 4.78 is 1.06. The van der Waals surface area contributed by atoms with Gasteiger partial charge in [-0.25, -0.2) is 4.98 Å². The van der Waals surface area contributed by atoms with Crippen molar-refractivity contribution in [1.29, 1.82) is 0 Å². The second-order valence-corrected chi connectivity index (χ2v) is 6.42. The first-order chi connectivity index (χ1) is 8.74. The Hall–Kier alpha value is -0.850. The zero-order chi connectivity index (χ0) is 12.8. The van der Waals surface area contributed by atoms with Gasteiger partial charge in [-0.15, -0.1) is 23.1 Å². The van der Waals surface area contributed by atoms with Crippen LogP contribution in [0.3, 0.4) is 0 Å². The highest BCUT2D eigenvalue weighted by Gasteiger charge is 2.04. The third-order valence-electron chi connectivity index (χ3n) is 2.09. The predicted octanol–water partition coefficient (Wildman–Crippen LogP) is 4.03. The van der Waals surface area contributed by atoms with Crippen LogP contribution >= 0.6 is 39.0 Å². The molecule has 1 aromatic heterocycles. The number of carbonyl (C=O) groups excluding carboxylic acids is 1. The molecule has 0 aliphatic heterocycles. The van der Waals surface area contributed by atoms with Gasteiger partial charge in [-0.3, -0.25) is 4.79 Å². The lowest BCUT2D eigenvalue weighted by molar-refractivity contribution is -0.115. The van der Waals surface area contributed by atoms with Gasteiger partial charge in [0.15, 0.2) is 5.13 Å². The molecule has 0 radical (unpaired) electrons. The Morgan fingerprint density at radius 3 is 2.83 bits per heavy atom. The van der Waals surface area contributed by atoms with E-state index in [4.69, 9.17) is 0 Å². The summed E-state index contributed by atoms with van der Waals surface area (Å²) >= 11 is 6.49. The van der Waals surface area contributed by atoms with Gasteiger partial charge in [-0.2, -0.15) is 0 Å². The molecule has 94 valence electrons. The zero-order valence-electron chi connectivity index (χ0n) is 9.43. The molecule has 1 amide bonds. The van der Waals surface area contributed by atoms with E-state index >= 15 is 0 Å². The number of halogens is 1. The highest BCUT2D eigenvalue weighted by atomic mass is 79.9. The zero-order valence-corrected chi connectivity index (χ0v) is 12.6. The molecule has 2 aromatic rings. The number of hydrogen-bond acceptors (Lipinski definition) is 4. The van der Waals surface area contributed by atoms with Crippen LogP contribution in [0.15, 0.2) is 45.2 Å². The lowest BCUT2D eigenvalue weighted by atomic mass is 10.4. The minimum Gasteiger partial charge on any atom is -0.302 e. The van der Waals surface area contributed by atoms with Crippen molar-refractivity contribution in [2.75, 3.05) is 11.1 Å². The van der Waals surface area contributed by atoms with Crippen molar-refractivity contribution in [3.63, 3.8) is 0 Å². The van der Waals surface area contributed by atoms with Crippen molar-refractivity contribution >= 4 is 50.1 Å². The van der Waals surface area contributed by atoms with Crippen LogP contribution in [-0.2, 0) is 4.79 Å². The van der Waals surface area contributed by atoms with Crippen molar-refractivity contribution < 1.29 is 4.79 Å². The number of amides is 1. The monoisotopic (exact) mass is 342 g/mol. The first-order valence-corrected chi connectivity index (χ1v) is 7.97. The molecule has 0 aliphatic carbocycles. The maximum Gasteiger partial charge on any atom is 0.226 e. The quantitative estimate of drug-likeness (QED) is 0.834. The van der Waals surface area contributed by atoms with Crippen LogP contribution in [0.5, 0.6) is 0 Å². The Morgan fingerprint density at radius 1 is 1.39 bits per heavy atom. The van der Waals surface area contributed by atoms with Crippen LogP contribution in [0, 0.1) is 0 Å². The van der Waals surface area contributed by atoms with E-state index < -0.39 is 0 Å². The number of carbonyl (C=O) groups is 1. The number of aromatic nitrogens is 1. The third-order valence-corrected chi connectivity index (χ3v) is 4.32. The summed E-state index contributed by atoms with van der Waals surface area (Å²) in [7, 11) is 0. The van der Waals surface area contributed by atoms with Crippen LogP contribution in [-0.4, -0.2) is 16.6 Å². The van der Waals surface area contributed by atoms with E-state index in [0.29, 0.717) is 11.6 Å². The molecule has 0 atom stereocenters. The molecular formula is C12H11BrN2OS2. The molecule has 0 saturated heterocycles. The Kier molecular flexibility index (Phi) is 5.22. The number of nitrogens with one attached hydrogen (secondary N) is 1. The van der Waals surface area contributed by atoms with Gasteiger partial charge in [0.2, 0.25) is 5.91 Å². The number of anilines is 1. The molecule has 1 N–H and O–H groups in total. The second-order valence-electron chi connectivity index (χ2n) is 3.44. The number of thiazole rings is 1. The second kappa shape index (κ2) is 6.92. The SMILES string of the molecule is O=C(CCSc1ccc(Br)cc1)Nc1nccs1. The van der Waals surface area contributed by atoms with E-state index in [1.165, 1.54) is 16.2 Å². The smallest absolute Gasteiger partial charge is 0.226 e. The maximum absolute atomic E-state index is 11.6. The third kappa shape index (κ3) is 4.44. The highest BCUT2D eigenvalue weighted by Crippen LogP contribution is 2.21. The number of rotatable bonds is 5. The Labute approximate surface area is 122 Å². The summed E-state index contributed by atoms with van der Waals surface area (Å²) in [5.41, 5.74) is 0. The number of nitrogens with zero attached hydrogens (tertiary/aromatic N) is 1. The fraction of sp³-hybridized carbons (Fsp3) is 0.167. The summed E-state index contributed by atoms with van der Waals surface area (Å²) in [5.74, 6) is 0.772. The molecule has 6 heteroatoms. The minimum atomic E-state index is 0.00885. The van der Waals surface area contributed by atoms with Crippen molar-refractivity contribution in [2.24, 2.45) is 0 Å². The highest BCUT2D eigenvalue weighted by molar-refractivity contribution is 9.10. The standard InChI is InChI=1S/C12H11BrN2OS2/c13-9-1-3-10(4-2-9)17-7-5-11(16)15-12-14-6-8-18-12/h1-4,6,8H,5,7H2,(H,14,15,16). The van der Waals surface area contributed by atoms with E-state index in [0.717, 1.165) is 10.2 Å². The first-order valence-electron chi connectivity index (χ1n) is 5.32. The van der Waals surface area contributed by atoms with Crippen molar-refractivity contribution in [3.8, 4) is 0 Å². The average Bonchev–Trinajstić information content (AvgIpc) is 2.84. The molecular weight excluding hydrogens is 332 g/mol. The molecule has 2 rings (SSSR count). The number of hydrogen-bond donors (Lipinski definition) is 1. The first kappa shape index (κ1) is 13.6. The van der Waals surface area contributed by atoms with Crippen LogP contribution in [0.1, 0.15) is 6.42 Å². The Bertz CT molecular complexity index is 499. The van der Waals surface area contributed by atoms with Crippen LogP contribution in [0.25, 0.3) is 0 Å². The van der Waals surface area contributed by atoms with Gasteiger partial charge in [0, 0.05) is 33.1 Å². The molecule has 1 heterocycles. The molecule has 3 nitrogen and oxygen atoms in total. The molecule has 1 aromatic carbocycles. The molecule has 18 heavy (non-hydrogen) atoms. The minimum absolute atomic E-state index is 0.00885. The van der Waals surface area contributed by atoms with Crippen LogP contribution in [0.2, 0.25) is 0 Å². The lowest BCUT2D eigenvalue weighted by Gasteiger charge is -2.02. The Balaban J connectivity index is 1.72. The van der Waals surface area contributed by atoms with Gasteiger partial charge >= 0.3 is 0 Å². The van der Waals surface area contributed by atoms with E-state index in [1.54, 1.807) is 18.0 Å². The molecule has 0 spiro atoms. The number of benzene rings is 1. The van der Waals surface area contributed by atoms with E-state index in [9.17, 15) is 4.79 Å². The summed E-state index contributed by atoms with van der Waals surface area (Å²) in [6.07, 6.45) is 2.16. The van der Waals surface area contributed by atoms with Crippen molar-refractivity contribution in [1.82, 2.24) is 4.98 Å². The van der Waals surface area contributed by atoms with E-state index in [2.05, 4.69) is 26.2 Å². The van der Waals surface area contributed by atoms with Crippen LogP contribution < -0.4 is 5.32 Å². The lowest BCUT2D eigenvalue weighted by Crippen LogP contribution is -2.11. The topological polar surface area (TPSA) is 42.0 Å². The summed E-state index contributed by atoms with van der Waals surface area (Å²) in [6.45, 7) is 0. The van der Waals surface area contributed by atoms with E-state index in [1.807, 2.05) is 29.6 Å². The molecule has 0 saturated carbocycles. The molecule has 0 fully saturated rings. The number of thioether (sulfide) groups is 1. The molecule has 0 bridgehead atoms. The van der Waals surface area contributed by atoms with Gasteiger partial charge in [0.05, 0.1) is 0 Å². The summed E-state index contributed by atoms with van der Waals surface area (Å²) in [6, 6.07) is 8.07. The van der Waals surface area contributed by atoms with Gasteiger partial charge in [-0.1, -0.05) is 15.9 Å². The summed E-state index contributed by atoms with van der Waals surface area (Å²) in [5, 5.41) is 5.27. The molecule has 0 aliphatic rings.